The van der Waals surface area contributed by atoms with Crippen molar-refractivity contribution in [3.05, 3.63) is 246 Å². The summed E-state index contributed by atoms with van der Waals surface area (Å²) in [6, 6.07) is 36.2. The highest BCUT2D eigenvalue weighted by Crippen LogP contribution is 2.36. The maximum atomic E-state index is 13.7. The van der Waals surface area contributed by atoms with Crippen LogP contribution < -0.4 is 43.1 Å². The van der Waals surface area contributed by atoms with Crippen molar-refractivity contribution in [2.45, 2.75) is 101 Å². The Balaban J connectivity index is 0.000000114. The highest BCUT2D eigenvalue weighted by atomic mass is 32.2. The van der Waals surface area contributed by atoms with E-state index in [4.69, 9.17) is 10.2 Å². The molecular weight excluding hydrogens is 1770 g/mol. The second-order valence-corrected chi connectivity index (χ2v) is 33.5. The van der Waals surface area contributed by atoms with Crippen molar-refractivity contribution in [3.8, 4) is 33.5 Å². The fourth-order valence-electron chi connectivity index (χ4n) is 13.9. The molecule has 18 heterocycles. The summed E-state index contributed by atoms with van der Waals surface area (Å²) < 4.78 is 27.2. The molecule has 2 saturated carbocycles. The van der Waals surface area contributed by atoms with Crippen LogP contribution in [-0.2, 0) is 22.7 Å². The van der Waals surface area contributed by atoms with Gasteiger partial charge in [-0.2, -0.15) is 30.6 Å². The second kappa shape index (κ2) is 37.9. The Bertz CT molecular complexity index is 7670. The number of anilines is 4. The smallest absolute Gasteiger partial charge is 0.323 e. The van der Waals surface area contributed by atoms with Crippen LogP contribution in [0, 0.1) is 17.7 Å². The number of urea groups is 2. The first-order valence-electron chi connectivity index (χ1n) is 41.4. The Hall–Kier alpha value is -16.1. The van der Waals surface area contributed by atoms with Gasteiger partial charge >= 0.3 is 17.8 Å². The molecule has 22 rings (SSSR count). The van der Waals surface area contributed by atoms with Gasteiger partial charge in [-0.3, -0.25) is 47.9 Å². The first-order valence-corrected chi connectivity index (χ1v) is 43.9. The number of carbonyl (C=O) groups is 4. The van der Waals surface area contributed by atoms with Crippen molar-refractivity contribution in [3.63, 3.8) is 0 Å². The number of carbonyl (C=O) groups excluding carboxylic acids is 4. The predicted molar refractivity (Wildman–Crippen MR) is 481 cm³/mol. The summed E-state index contributed by atoms with van der Waals surface area (Å²) >= 11 is 3.99. The summed E-state index contributed by atoms with van der Waals surface area (Å²) in [6.07, 6.45) is 25.2. The molecule has 1 aromatic carbocycles. The van der Waals surface area contributed by atoms with Gasteiger partial charge < -0.3 is 56.6 Å². The number of H-pyrrole nitrogens is 3. The third-order valence-electron chi connectivity index (χ3n) is 20.8. The minimum absolute atomic E-state index is 0.00357. The Morgan fingerprint density at radius 3 is 1.54 bits per heavy atom. The van der Waals surface area contributed by atoms with Gasteiger partial charge in [0.2, 0.25) is 32.8 Å². The van der Waals surface area contributed by atoms with E-state index >= 15 is 0 Å². The van der Waals surface area contributed by atoms with Gasteiger partial charge in [0.25, 0.3) is 0 Å². The molecule has 0 saturated heterocycles. The van der Waals surface area contributed by atoms with Crippen LogP contribution >= 0.6 is 35.3 Å². The fourth-order valence-corrected chi connectivity index (χ4v) is 16.2. The van der Waals surface area contributed by atoms with Crippen LogP contribution in [0.5, 0.6) is 0 Å². The maximum absolute atomic E-state index is 13.7. The van der Waals surface area contributed by atoms with Crippen LogP contribution in [0.2, 0.25) is 0 Å². The first kappa shape index (κ1) is 86.3. The molecule has 4 atom stereocenters. The molecule has 672 valence electrons. The van der Waals surface area contributed by atoms with E-state index in [0.717, 1.165) is 70.5 Å². The number of imidazole rings is 5. The number of nitrogens with zero attached hydrogens (tertiary/aromatic N) is 26. The quantitative estimate of drug-likeness (QED) is 0.0260. The minimum Gasteiger partial charge on any atom is -0.394 e. The first-order chi connectivity index (χ1) is 64.7. The third-order valence-corrected chi connectivity index (χ3v) is 23.4. The number of aliphatic hydroxyl groups excluding tert-OH is 4. The van der Waals surface area contributed by atoms with Crippen molar-refractivity contribution in [1.29, 1.82) is 0 Å². The van der Waals surface area contributed by atoms with E-state index in [9.17, 15) is 43.4 Å². The van der Waals surface area contributed by atoms with Crippen molar-refractivity contribution >= 4 is 128 Å². The third kappa shape index (κ3) is 20.3. The monoisotopic (exact) mass is 1850 g/mol. The molecule has 17 aromatic heterocycles. The summed E-state index contributed by atoms with van der Waals surface area (Å²) in [7, 11) is 0. The molecular formula is C84H76FN35O10S3. The zero-order chi connectivity index (χ0) is 91.3. The van der Waals surface area contributed by atoms with E-state index in [-0.39, 0.29) is 84.3 Å². The number of rotatable bonds is 25. The summed E-state index contributed by atoms with van der Waals surface area (Å²) in [6.45, 7) is 2.16. The zero-order valence-electron chi connectivity index (χ0n) is 69.6. The number of aliphatic hydroxyl groups is 4. The molecule has 133 heavy (non-hydrogen) atoms. The van der Waals surface area contributed by atoms with Gasteiger partial charge in [0.15, 0.2) is 62.8 Å². The van der Waals surface area contributed by atoms with Crippen LogP contribution in [-0.4, -0.2) is 227 Å². The lowest BCUT2D eigenvalue weighted by Gasteiger charge is -2.24. The van der Waals surface area contributed by atoms with Crippen molar-refractivity contribution < 1.29 is 44.0 Å². The molecule has 0 spiro atoms. The zero-order valence-corrected chi connectivity index (χ0v) is 72.1. The Labute approximate surface area is 759 Å². The summed E-state index contributed by atoms with van der Waals surface area (Å²) in [5, 5.41) is 115. The van der Waals surface area contributed by atoms with E-state index in [1.54, 1.807) is 79.7 Å². The number of halogens is 1. The number of pyridine rings is 4. The van der Waals surface area contributed by atoms with Gasteiger partial charge in [0.05, 0.1) is 86.9 Å². The standard InChI is InChI=1S/C22H19FN8O3S.C22H21N9O3S.C21H21N9O2.C19H15N9O2S/c23-15-3-1-2-13(8-15)14-4-5-19-27-28-22(30(19)10-14)35-20-7-6-18-25-17(11-31(18)29-20)26-21(34)24-9-16(33)12-32;32-12-16(33)10-29-8-15(7-23-29)14-3-4-19-26-27-22(30(19)9-14)35-20-6-5-18-24-17(11-31(18)28-20)25-21(34)13-1-2-13;1-2-22-21(32)25-18-12-30-19(24-18)9-7-14(27-30)11-29-17-10-13(6-8-16(17)26-28-29)15-4-3-5-20(31)23-15;29-17(10-1-2-10)23-13-9-28-14(22-13)5-6-16(26-28)31-19-25-24-15-4-3-11(8-27(15)19)12-7-20-18(30)21-12/h1-8,10-11,16,32-33H,9,12H2,(H2,24,26,34);3-9,11,13,16,32-33H,1-2,10,12H2,(H,25,34);3-10,12,16-17H,2,11H2,1H3,(H,23,31)(H2,22,25,32);3-10H,1-2H2,(H,23,29)(H2,20,21,30). The molecule has 45 nitrogen and oxygen atoms in total. The number of aromatic amines is 3. The molecule has 2 fully saturated rings. The van der Waals surface area contributed by atoms with Crippen LogP contribution in [0.4, 0.5) is 37.3 Å². The maximum Gasteiger partial charge on any atom is 0.323 e. The number of nitrogens with one attached hydrogen (secondary N) is 9. The molecule has 6 amide bonds. The number of hydrogen-bond donors (Lipinski definition) is 13. The van der Waals surface area contributed by atoms with E-state index in [0.29, 0.717) is 106 Å². The van der Waals surface area contributed by atoms with E-state index < -0.39 is 24.8 Å². The van der Waals surface area contributed by atoms with Gasteiger partial charge in [-0.15, -0.1) is 30.6 Å². The second-order valence-electron chi connectivity index (χ2n) is 30.6. The van der Waals surface area contributed by atoms with Gasteiger partial charge in [0, 0.05) is 84.4 Å². The van der Waals surface area contributed by atoms with E-state index in [1.165, 1.54) is 58.0 Å². The number of amides is 6. The Morgan fingerprint density at radius 1 is 0.519 bits per heavy atom. The average molecular weight is 1850 g/mol. The number of fused-ring (bicyclic) bond motifs is 8. The Morgan fingerprint density at radius 2 is 1.02 bits per heavy atom. The number of benzene rings is 1. The lowest BCUT2D eigenvalue weighted by atomic mass is 9.96. The molecule has 1 aliphatic heterocycles. The highest BCUT2D eigenvalue weighted by Gasteiger charge is 2.34. The molecule has 13 N–H and O–H groups in total. The van der Waals surface area contributed by atoms with E-state index in [1.807, 2.05) is 147 Å². The van der Waals surface area contributed by atoms with Crippen molar-refractivity contribution in [2.24, 2.45) is 22.2 Å². The molecule has 3 aliphatic carbocycles. The lowest BCUT2D eigenvalue weighted by Crippen LogP contribution is -2.36. The van der Waals surface area contributed by atoms with Gasteiger partial charge in [-0.05, 0) is 194 Å². The summed E-state index contributed by atoms with van der Waals surface area (Å²) in [4.78, 5) is 96.3. The average Bonchev–Trinajstić information content (AvgIpc) is 1.69. The van der Waals surface area contributed by atoms with Crippen LogP contribution in [0.25, 0.3) is 78.6 Å². The molecule has 49 heteroatoms. The van der Waals surface area contributed by atoms with Gasteiger partial charge in [-0.1, -0.05) is 35.6 Å². The summed E-state index contributed by atoms with van der Waals surface area (Å²) in [5.74, 6) is 1.58. The molecule has 4 unspecified atom stereocenters. The van der Waals surface area contributed by atoms with Crippen LogP contribution in [0.15, 0.2) is 258 Å². The van der Waals surface area contributed by atoms with E-state index in [2.05, 4.69) is 139 Å². The highest BCUT2D eigenvalue weighted by molar-refractivity contribution is 7.99. The number of allylic oxidation sites excluding steroid dienone is 2. The number of hydrogen-bond acceptors (Lipinski definition) is 31. The fraction of sp³-hybridized carbons (Fsp3) is 0.202. The Kier molecular flexibility index (Phi) is 24.6. The topological polar surface area (TPSA) is 560 Å². The lowest BCUT2D eigenvalue weighted by molar-refractivity contribution is -0.118. The number of aromatic nitrogens is 26. The SMILES string of the molecule is CCNC(=O)Nc1cn2nc(CN3N=NC4C=CC(c5cccc(=O)[nH]5)=CC43)ccc2n1.O=C(NCC(O)CO)Nc1cn2nc(Sc3nnc4ccc(-c5cccc(F)c5)cn34)ccc2n1.O=C(Nc1cn2nc(Sc3nnc4ccc(-c5c[nH]c(=O)[nH]5)cn34)ccc2n1)C1CC1.O=C(Nc1cn2nc(Sc3nnc4ccc(-c5cnn(CC(O)CO)c5)cn34)ccc2n1)C1CC1. The van der Waals surface area contributed by atoms with Crippen molar-refractivity contribution in [1.82, 2.24) is 143 Å². The van der Waals surface area contributed by atoms with Crippen LogP contribution in [0.1, 0.15) is 44.0 Å². The summed E-state index contributed by atoms with van der Waals surface area (Å²) in [5.41, 5.74) is 11.3. The normalized spacial score (nSPS) is 14.9. The largest absolute Gasteiger partial charge is 0.394 e. The molecule has 4 aliphatic rings. The van der Waals surface area contributed by atoms with Crippen molar-refractivity contribution in [2.75, 3.05) is 47.6 Å². The predicted octanol–water partition coefficient (Wildman–Crippen LogP) is 7.78. The molecule has 0 radical (unpaired) electrons. The van der Waals surface area contributed by atoms with Crippen LogP contribution in [0.3, 0.4) is 0 Å². The molecule has 0 bridgehead atoms. The minimum atomic E-state index is -1.04. The van der Waals surface area contributed by atoms with Gasteiger partial charge in [-0.25, -0.2) is 56.8 Å². The molecule has 18 aromatic rings. The van der Waals surface area contributed by atoms with Gasteiger partial charge in [0.1, 0.15) is 26.9 Å².